The predicted molar refractivity (Wildman–Crippen MR) is 115 cm³/mol. The van der Waals surface area contributed by atoms with Gasteiger partial charge >= 0.3 is 0 Å². The maximum atomic E-state index is 12.9. The van der Waals surface area contributed by atoms with Crippen LogP contribution in [0, 0.1) is 8.99 Å². The molecule has 0 fully saturated rings. The third-order valence-electron chi connectivity index (χ3n) is 3.94. The van der Waals surface area contributed by atoms with E-state index in [2.05, 4.69) is 61.4 Å². The molecule has 1 heterocycles. The molecule has 0 atom stereocenters. The maximum absolute atomic E-state index is 12.9. The number of carbonyl (C=O) groups excluding carboxylic acids is 1. The number of thioether (sulfide) groups is 1. The summed E-state index contributed by atoms with van der Waals surface area (Å²) < 4.78 is 6.39. The van der Waals surface area contributed by atoms with Gasteiger partial charge in [-0.3, -0.25) is 4.79 Å². The number of hydrogen-bond donors (Lipinski definition) is 0. The Morgan fingerprint density at radius 3 is 2.68 bits per heavy atom. The molecule has 0 bridgehead atoms. The van der Waals surface area contributed by atoms with Gasteiger partial charge in [-0.1, -0.05) is 45.9 Å². The van der Waals surface area contributed by atoms with E-state index < -0.39 is 0 Å². The molecular formula is C20H26INO2S. The minimum absolute atomic E-state index is 0.0112. The molecule has 0 saturated heterocycles. The van der Waals surface area contributed by atoms with E-state index in [-0.39, 0.29) is 11.2 Å². The summed E-state index contributed by atoms with van der Waals surface area (Å²) in [5.41, 5.74) is 0.690. The van der Waals surface area contributed by atoms with Crippen molar-refractivity contribution >= 4 is 40.1 Å². The molecule has 136 valence electrons. The number of carbonyl (C=O) groups is 1. The van der Waals surface area contributed by atoms with Gasteiger partial charge in [0.2, 0.25) is 0 Å². The zero-order valence-corrected chi connectivity index (χ0v) is 18.5. The van der Waals surface area contributed by atoms with E-state index in [0.717, 1.165) is 28.0 Å². The normalized spacial score (nSPS) is 16.3. The topological polar surface area (TPSA) is 29.5 Å². The lowest BCUT2D eigenvalue weighted by Crippen LogP contribution is -2.14. The first-order valence-electron chi connectivity index (χ1n) is 8.52. The Morgan fingerprint density at radius 2 is 2.08 bits per heavy atom. The predicted octanol–water partition coefficient (Wildman–Crippen LogP) is 6.06. The summed E-state index contributed by atoms with van der Waals surface area (Å²) in [6.07, 6.45) is 6.19. The third kappa shape index (κ3) is 5.26. The molecule has 5 heteroatoms. The number of benzene rings is 1. The molecule has 3 nitrogen and oxygen atoms in total. The lowest BCUT2D eigenvalue weighted by molar-refractivity contribution is 0.104. The Morgan fingerprint density at radius 1 is 1.36 bits per heavy atom. The molecular weight excluding hydrogens is 445 g/mol. The average molecular weight is 471 g/mol. The van der Waals surface area contributed by atoms with Crippen LogP contribution in [0.2, 0.25) is 0 Å². The Bertz CT molecular complexity index is 704. The maximum Gasteiger partial charge on any atom is 0.192 e. The van der Waals surface area contributed by atoms with Crippen molar-refractivity contribution in [2.45, 2.75) is 40.5 Å². The van der Waals surface area contributed by atoms with Gasteiger partial charge in [-0.25, -0.2) is 0 Å². The first-order valence-corrected chi connectivity index (χ1v) is 10.4. The van der Waals surface area contributed by atoms with Gasteiger partial charge in [-0.2, -0.15) is 0 Å². The van der Waals surface area contributed by atoms with Gasteiger partial charge in [0.15, 0.2) is 5.78 Å². The first kappa shape index (κ1) is 20.4. The minimum Gasteiger partial charge on any atom is -0.496 e. The number of rotatable bonds is 6. The summed E-state index contributed by atoms with van der Waals surface area (Å²) in [6.45, 7) is 9.74. The van der Waals surface area contributed by atoms with Crippen molar-refractivity contribution in [3.05, 3.63) is 49.5 Å². The summed E-state index contributed by atoms with van der Waals surface area (Å²) in [5.74, 6) is 0.609. The van der Waals surface area contributed by atoms with Crippen LogP contribution in [-0.4, -0.2) is 24.3 Å². The van der Waals surface area contributed by atoms with Gasteiger partial charge in [-0.05, 0) is 52.6 Å². The Hall–Kier alpha value is -0.950. The highest BCUT2D eigenvalue weighted by molar-refractivity contribution is 14.1. The SMILES string of the molecule is CCCCN1C=C(C(C)(C)C)SC1=CC(=O)c1cc(I)ccc1OC. The highest BCUT2D eigenvalue weighted by Gasteiger charge is 2.28. The number of ether oxygens (including phenoxy) is 1. The Balaban J connectivity index is 2.32. The number of halogens is 1. The van der Waals surface area contributed by atoms with Crippen molar-refractivity contribution in [2.75, 3.05) is 13.7 Å². The highest BCUT2D eigenvalue weighted by atomic mass is 127. The van der Waals surface area contributed by atoms with Crippen LogP contribution in [-0.2, 0) is 0 Å². The van der Waals surface area contributed by atoms with Crippen LogP contribution < -0.4 is 4.74 Å². The largest absolute Gasteiger partial charge is 0.496 e. The van der Waals surface area contributed by atoms with Crippen molar-refractivity contribution in [1.29, 1.82) is 0 Å². The number of nitrogens with zero attached hydrogens (tertiary/aromatic N) is 1. The fourth-order valence-corrected chi connectivity index (χ4v) is 4.06. The summed E-state index contributed by atoms with van der Waals surface area (Å²) >= 11 is 3.92. The molecule has 1 aliphatic rings. The lowest BCUT2D eigenvalue weighted by Gasteiger charge is -2.17. The van der Waals surface area contributed by atoms with Gasteiger partial charge < -0.3 is 9.64 Å². The van der Waals surface area contributed by atoms with E-state index in [0.29, 0.717) is 11.3 Å². The monoisotopic (exact) mass is 471 g/mol. The molecule has 0 N–H and O–H groups in total. The van der Waals surface area contributed by atoms with E-state index in [1.165, 1.54) is 4.91 Å². The molecule has 0 aromatic heterocycles. The zero-order valence-electron chi connectivity index (χ0n) is 15.6. The Kier molecular flexibility index (Phi) is 7.02. The molecule has 2 rings (SSSR count). The second-order valence-electron chi connectivity index (χ2n) is 7.08. The average Bonchev–Trinajstić information content (AvgIpc) is 2.95. The van der Waals surface area contributed by atoms with Crippen molar-refractivity contribution in [3.8, 4) is 5.75 Å². The van der Waals surface area contributed by atoms with E-state index in [1.807, 2.05) is 18.2 Å². The molecule has 0 amide bonds. The van der Waals surface area contributed by atoms with Crippen LogP contribution in [0.15, 0.2) is 40.4 Å². The smallest absolute Gasteiger partial charge is 0.192 e. The number of methoxy groups -OCH3 is 1. The second kappa shape index (κ2) is 8.62. The molecule has 0 aliphatic carbocycles. The molecule has 25 heavy (non-hydrogen) atoms. The third-order valence-corrected chi connectivity index (χ3v) is 6.11. The van der Waals surface area contributed by atoms with Gasteiger partial charge in [0.1, 0.15) is 5.75 Å². The van der Waals surface area contributed by atoms with Gasteiger partial charge in [-0.15, -0.1) is 0 Å². The summed E-state index contributed by atoms with van der Waals surface area (Å²) in [7, 11) is 1.60. The highest BCUT2D eigenvalue weighted by Crippen LogP contribution is 2.45. The van der Waals surface area contributed by atoms with Crippen LogP contribution in [0.4, 0.5) is 0 Å². The summed E-state index contributed by atoms with van der Waals surface area (Å²) in [6, 6.07) is 5.68. The van der Waals surface area contributed by atoms with Gasteiger partial charge in [0.25, 0.3) is 0 Å². The summed E-state index contributed by atoms with van der Waals surface area (Å²) in [5, 5.41) is 1.00. The van der Waals surface area contributed by atoms with Gasteiger partial charge in [0.05, 0.1) is 17.7 Å². The Labute approximate surface area is 169 Å². The minimum atomic E-state index is -0.0112. The summed E-state index contributed by atoms with van der Waals surface area (Å²) in [4.78, 5) is 16.4. The second-order valence-corrected chi connectivity index (χ2v) is 9.39. The van der Waals surface area contributed by atoms with E-state index in [4.69, 9.17) is 4.74 Å². The number of unbranched alkanes of at least 4 members (excludes halogenated alkanes) is 1. The van der Waals surface area contributed by atoms with Crippen LogP contribution in [0.1, 0.15) is 50.9 Å². The van der Waals surface area contributed by atoms with Crippen LogP contribution in [0.5, 0.6) is 5.75 Å². The van der Waals surface area contributed by atoms with Crippen LogP contribution in [0.25, 0.3) is 0 Å². The number of allylic oxidation sites excluding steroid dienone is 2. The van der Waals surface area contributed by atoms with Crippen molar-refractivity contribution in [1.82, 2.24) is 4.90 Å². The molecule has 0 spiro atoms. The molecule has 1 aromatic carbocycles. The molecule has 0 radical (unpaired) electrons. The van der Waals surface area contributed by atoms with Crippen molar-refractivity contribution in [3.63, 3.8) is 0 Å². The van der Waals surface area contributed by atoms with E-state index in [1.54, 1.807) is 24.9 Å². The fraction of sp³-hybridized carbons (Fsp3) is 0.450. The van der Waals surface area contributed by atoms with Crippen molar-refractivity contribution in [2.24, 2.45) is 5.41 Å². The van der Waals surface area contributed by atoms with Gasteiger partial charge in [0, 0.05) is 27.3 Å². The number of ketones is 1. The molecule has 1 aromatic rings. The molecule has 0 saturated carbocycles. The van der Waals surface area contributed by atoms with E-state index in [9.17, 15) is 4.79 Å². The van der Waals surface area contributed by atoms with Crippen molar-refractivity contribution < 1.29 is 9.53 Å². The molecule has 1 aliphatic heterocycles. The molecule has 0 unspecified atom stereocenters. The van der Waals surface area contributed by atoms with Crippen LogP contribution in [0.3, 0.4) is 0 Å². The van der Waals surface area contributed by atoms with E-state index >= 15 is 0 Å². The lowest BCUT2D eigenvalue weighted by atomic mass is 9.96. The zero-order chi connectivity index (χ0) is 18.6. The fourth-order valence-electron chi connectivity index (χ4n) is 2.43. The quantitative estimate of drug-likeness (QED) is 0.287. The number of hydrogen-bond acceptors (Lipinski definition) is 4. The first-order chi connectivity index (χ1) is 11.8. The van der Waals surface area contributed by atoms with Crippen LogP contribution >= 0.6 is 34.4 Å². The standard InChI is InChI=1S/C20H26INO2S/c1-6-7-10-22-13-18(20(2,3)4)25-19(22)12-16(23)15-11-14(21)8-9-17(15)24-5/h8-9,11-13H,6-7,10H2,1-5H3.